The van der Waals surface area contributed by atoms with E-state index in [9.17, 15) is 19.5 Å². The standard InChI is InChI=1S/C20H22N2O5/c1-22-19-14(10-13(11-21-19)12-6-4-3-5-7-12)18(25)17(20(22)26)15(23)8-9-16(24)27-2/h6,10-11,25H,3-5,7-9H2,1-2H3. The number of pyridine rings is 2. The number of fused-ring (bicyclic) bond motifs is 1. The molecule has 2 aromatic heterocycles. The second kappa shape index (κ2) is 7.73. The molecule has 2 heterocycles. The lowest BCUT2D eigenvalue weighted by atomic mass is 9.94. The van der Waals surface area contributed by atoms with E-state index in [1.165, 1.54) is 18.7 Å². The Morgan fingerprint density at radius 1 is 1.30 bits per heavy atom. The smallest absolute Gasteiger partial charge is 0.305 e. The molecular weight excluding hydrogens is 348 g/mol. The summed E-state index contributed by atoms with van der Waals surface area (Å²) in [5.74, 6) is -1.52. The molecule has 0 fully saturated rings. The summed E-state index contributed by atoms with van der Waals surface area (Å²) >= 11 is 0. The van der Waals surface area contributed by atoms with E-state index in [1.807, 2.05) is 0 Å². The van der Waals surface area contributed by atoms with E-state index >= 15 is 0 Å². The topological polar surface area (TPSA) is 98.5 Å². The zero-order valence-corrected chi connectivity index (χ0v) is 15.4. The molecule has 2 aromatic rings. The molecule has 0 amide bonds. The third-order valence-corrected chi connectivity index (χ3v) is 4.92. The third-order valence-electron chi connectivity index (χ3n) is 4.92. The van der Waals surface area contributed by atoms with Crippen molar-refractivity contribution in [2.24, 2.45) is 7.05 Å². The number of hydrogen-bond donors (Lipinski definition) is 1. The number of ether oxygens (including phenoxy) is 1. The third kappa shape index (κ3) is 3.63. The van der Waals surface area contributed by atoms with Gasteiger partial charge in [-0.2, -0.15) is 0 Å². The number of carbonyl (C=O) groups is 2. The van der Waals surface area contributed by atoms with Crippen molar-refractivity contribution < 1.29 is 19.4 Å². The van der Waals surface area contributed by atoms with Gasteiger partial charge in [-0.1, -0.05) is 6.08 Å². The average molecular weight is 370 g/mol. The lowest BCUT2D eigenvalue weighted by Gasteiger charge is -2.15. The molecule has 7 nitrogen and oxygen atoms in total. The van der Waals surface area contributed by atoms with Gasteiger partial charge in [0, 0.05) is 19.7 Å². The number of rotatable bonds is 5. The minimum absolute atomic E-state index is 0.152. The van der Waals surface area contributed by atoms with Crippen LogP contribution in [0.15, 0.2) is 23.1 Å². The number of allylic oxidation sites excluding steroid dienone is 2. The molecule has 0 bridgehead atoms. The van der Waals surface area contributed by atoms with Crippen LogP contribution in [-0.4, -0.2) is 33.5 Å². The fraction of sp³-hybridized carbons (Fsp3) is 0.400. The van der Waals surface area contributed by atoms with Crippen LogP contribution >= 0.6 is 0 Å². The molecule has 0 radical (unpaired) electrons. The summed E-state index contributed by atoms with van der Waals surface area (Å²) in [7, 11) is 2.74. The van der Waals surface area contributed by atoms with Crippen LogP contribution in [0.4, 0.5) is 0 Å². The maximum Gasteiger partial charge on any atom is 0.305 e. The van der Waals surface area contributed by atoms with Crippen LogP contribution in [0, 0.1) is 0 Å². The Labute approximate surface area is 156 Å². The quantitative estimate of drug-likeness (QED) is 0.642. The van der Waals surface area contributed by atoms with E-state index in [1.54, 1.807) is 12.3 Å². The Morgan fingerprint density at radius 2 is 2.07 bits per heavy atom. The summed E-state index contributed by atoms with van der Waals surface area (Å²) in [5, 5.41) is 11.0. The summed E-state index contributed by atoms with van der Waals surface area (Å²) in [5.41, 5.74) is 1.39. The largest absolute Gasteiger partial charge is 0.506 e. The van der Waals surface area contributed by atoms with E-state index in [-0.39, 0.29) is 24.2 Å². The summed E-state index contributed by atoms with van der Waals surface area (Å²) in [6.07, 6.45) is 7.68. The highest BCUT2D eigenvalue weighted by Crippen LogP contribution is 2.31. The maximum atomic E-state index is 12.6. The number of aromatic hydroxyl groups is 1. The monoisotopic (exact) mass is 370 g/mol. The molecule has 3 rings (SSSR count). The summed E-state index contributed by atoms with van der Waals surface area (Å²) in [4.78, 5) is 40.7. The Morgan fingerprint density at radius 3 is 2.74 bits per heavy atom. The van der Waals surface area contributed by atoms with E-state index < -0.39 is 17.3 Å². The molecule has 0 saturated carbocycles. The predicted octanol–water partition coefficient (Wildman–Crippen LogP) is 2.73. The first-order valence-electron chi connectivity index (χ1n) is 8.95. The van der Waals surface area contributed by atoms with Crippen LogP contribution in [0.3, 0.4) is 0 Å². The number of aryl methyl sites for hydroxylation is 1. The molecule has 1 aliphatic carbocycles. The van der Waals surface area contributed by atoms with Gasteiger partial charge >= 0.3 is 5.97 Å². The fourth-order valence-corrected chi connectivity index (χ4v) is 3.37. The lowest BCUT2D eigenvalue weighted by Crippen LogP contribution is -2.25. The first kappa shape index (κ1) is 18.8. The van der Waals surface area contributed by atoms with Crippen molar-refractivity contribution in [3.05, 3.63) is 39.8 Å². The van der Waals surface area contributed by atoms with Crippen LogP contribution in [0.25, 0.3) is 16.6 Å². The number of ketones is 1. The number of carbonyl (C=O) groups excluding carboxylic acids is 2. The van der Waals surface area contributed by atoms with Crippen molar-refractivity contribution in [1.29, 1.82) is 0 Å². The van der Waals surface area contributed by atoms with Gasteiger partial charge < -0.3 is 9.84 Å². The molecule has 0 aromatic carbocycles. The van der Waals surface area contributed by atoms with Gasteiger partial charge in [-0.25, -0.2) is 4.98 Å². The SMILES string of the molecule is COC(=O)CCC(=O)c1c(O)c2cc(C3=CCCCC3)cnc2n(C)c1=O. The number of esters is 1. The van der Waals surface area contributed by atoms with Gasteiger partial charge in [-0.3, -0.25) is 19.0 Å². The first-order chi connectivity index (χ1) is 12.9. The lowest BCUT2D eigenvalue weighted by molar-refractivity contribution is -0.140. The molecule has 1 aliphatic rings. The van der Waals surface area contributed by atoms with Crippen LogP contribution in [0.2, 0.25) is 0 Å². The Kier molecular flexibility index (Phi) is 5.39. The van der Waals surface area contributed by atoms with Gasteiger partial charge in [0.1, 0.15) is 17.0 Å². The highest BCUT2D eigenvalue weighted by Gasteiger charge is 2.23. The van der Waals surface area contributed by atoms with Crippen molar-refractivity contribution in [1.82, 2.24) is 9.55 Å². The van der Waals surface area contributed by atoms with Gasteiger partial charge in [0.25, 0.3) is 5.56 Å². The minimum atomic E-state index is -0.632. The zero-order chi connectivity index (χ0) is 19.6. The number of methoxy groups -OCH3 is 1. The highest BCUT2D eigenvalue weighted by molar-refractivity contribution is 6.04. The second-order valence-corrected chi connectivity index (χ2v) is 6.66. The second-order valence-electron chi connectivity index (χ2n) is 6.66. The summed E-state index contributed by atoms with van der Waals surface area (Å²) in [6.45, 7) is 0. The maximum absolute atomic E-state index is 12.6. The zero-order valence-electron chi connectivity index (χ0n) is 15.4. The van der Waals surface area contributed by atoms with Crippen molar-refractivity contribution in [3.63, 3.8) is 0 Å². The average Bonchev–Trinajstić information content (AvgIpc) is 2.70. The van der Waals surface area contributed by atoms with E-state index in [4.69, 9.17) is 0 Å². The molecule has 0 unspecified atom stereocenters. The number of aromatic nitrogens is 2. The minimum Gasteiger partial charge on any atom is -0.506 e. The highest BCUT2D eigenvalue weighted by atomic mass is 16.5. The number of nitrogens with zero attached hydrogens (tertiary/aromatic N) is 2. The van der Waals surface area contributed by atoms with E-state index in [0.717, 1.165) is 36.8 Å². The van der Waals surface area contributed by atoms with E-state index in [2.05, 4.69) is 15.8 Å². The van der Waals surface area contributed by atoms with Crippen molar-refractivity contribution in [3.8, 4) is 5.75 Å². The van der Waals surface area contributed by atoms with Gasteiger partial charge in [0.05, 0.1) is 18.9 Å². The molecule has 0 aliphatic heterocycles. The molecule has 7 heteroatoms. The predicted molar refractivity (Wildman–Crippen MR) is 101 cm³/mol. The first-order valence-corrected chi connectivity index (χ1v) is 8.95. The van der Waals surface area contributed by atoms with E-state index in [0.29, 0.717) is 11.0 Å². The van der Waals surface area contributed by atoms with Crippen molar-refractivity contribution in [2.45, 2.75) is 38.5 Å². The molecule has 0 spiro atoms. The van der Waals surface area contributed by atoms with Crippen molar-refractivity contribution in [2.75, 3.05) is 7.11 Å². The van der Waals surface area contributed by atoms with Crippen LogP contribution in [0.5, 0.6) is 5.75 Å². The van der Waals surface area contributed by atoms with Crippen molar-refractivity contribution >= 4 is 28.4 Å². The Bertz CT molecular complexity index is 1000. The number of hydrogen-bond acceptors (Lipinski definition) is 6. The normalized spacial score (nSPS) is 14.1. The van der Waals surface area contributed by atoms with Gasteiger partial charge in [0.2, 0.25) is 0 Å². The molecule has 1 N–H and O–H groups in total. The van der Waals surface area contributed by atoms with Gasteiger partial charge in [-0.05, 0) is 42.9 Å². The Hall–Kier alpha value is -2.96. The van der Waals surface area contributed by atoms with Crippen LogP contribution < -0.4 is 5.56 Å². The fourth-order valence-electron chi connectivity index (χ4n) is 3.37. The van der Waals surface area contributed by atoms with Crippen LogP contribution in [-0.2, 0) is 16.6 Å². The van der Waals surface area contributed by atoms with Gasteiger partial charge in [-0.15, -0.1) is 0 Å². The molecule has 0 saturated heterocycles. The Balaban J connectivity index is 2.09. The van der Waals surface area contributed by atoms with Gasteiger partial charge in [0.15, 0.2) is 5.78 Å². The molecule has 0 atom stereocenters. The molecular formula is C20H22N2O5. The van der Waals surface area contributed by atoms with Crippen LogP contribution in [0.1, 0.15) is 54.4 Å². The molecule has 142 valence electrons. The summed E-state index contributed by atoms with van der Waals surface area (Å²) < 4.78 is 5.77. The summed E-state index contributed by atoms with van der Waals surface area (Å²) in [6, 6.07) is 1.77. The number of Topliss-reactive ketones (excluding diaryl/α,β-unsaturated/α-hetero) is 1. The molecule has 27 heavy (non-hydrogen) atoms.